The highest BCUT2D eigenvalue weighted by Gasteiger charge is 2.07. The van der Waals surface area contributed by atoms with Gasteiger partial charge >= 0.3 is 5.97 Å². The van der Waals surface area contributed by atoms with Crippen LogP contribution in [0.25, 0.3) is 0 Å². The molecule has 3 heteroatoms. The van der Waals surface area contributed by atoms with Gasteiger partial charge in [0.25, 0.3) is 0 Å². The van der Waals surface area contributed by atoms with E-state index >= 15 is 0 Å². The number of ether oxygens (including phenoxy) is 1. The third-order valence-electron chi connectivity index (χ3n) is 0.882. The van der Waals surface area contributed by atoms with Crippen molar-refractivity contribution in [2.75, 3.05) is 6.61 Å². The molecule has 0 radical (unpaired) electrons. The summed E-state index contributed by atoms with van der Waals surface area (Å²) in [7, 11) is 0. The Morgan fingerprint density at radius 3 is 2.80 bits per heavy atom. The van der Waals surface area contributed by atoms with Gasteiger partial charge in [-0.05, 0) is 13.8 Å². The fraction of sp³-hybridized carbons (Fsp3) is 0.571. The Hall–Kier alpha value is -0.310. The van der Waals surface area contributed by atoms with E-state index in [9.17, 15) is 4.79 Å². The Morgan fingerprint density at radius 2 is 2.40 bits per heavy atom. The van der Waals surface area contributed by atoms with E-state index in [4.69, 9.17) is 4.74 Å². The second-order valence-corrected chi connectivity index (χ2v) is 3.19. The van der Waals surface area contributed by atoms with Gasteiger partial charge in [0, 0.05) is 0 Å². The minimum Gasteiger partial charge on any atom is -0.461 e. The quantitative estimate of drug-likeness (QED) is 0.401. The Kier molecular flexibility index (Phi) is 5.30. The van der Waals surface area contributed by atoms with Crippen molar-refractivity contribution in [2.24, 2.45) is 0 Å². The van der Waals surface area contributed by atoms with E-state index < -0.39 is 0 Å². The summed E-state index contributed by atoms with van der Waals surface area (Å²) < 4.78 is 4.77. The molecular weight excluding hydrogens is 196 g/mol. The van der Waals surface area contributed by atoms with Gasteiger partial charge in [-0.25, -0.2) is 0 Å². The highest BCUT2D eigenvalue weighted by atomic mass is 79.9. The maximum absolute atomic E-state index is 10.7. The normalized spacial score (nSPS) is 13.5. The number of halogens is 1. The molecule has 0 bridgehead atoms. The minimum atomic E-state index is -0.224. The van der Waals surface area contributed by atoms with Gasteiger partial charge in [0.15, 0.2) is 0 Å². The zero-order valence-corrected chi connectivity index (χ0v) is 7.72. The summed E-state index contributed by atoms with van der Waals surface area (Å²) in [5.74, 6) is -0.224. The first-order valence-corrected chi connectivity index (χ1v) is 4.02. The first-order valence-electron chi connectivity index (χ1n) is 3.10. The Balaban J connectivity index is 3.40. The van der Waals surface area contributed by atoms with Crippen LogP contribution >= 0.6 is 15.9 Å². The van der Waals surface area contributed by atoms with Crippen LogP contribution < -0.4 is 0 Å². The average Bonchev–Trinajstić information content (AvgIpc) is 1.88. The summed E-state index contributed by atoms with van der Waals surface area (Å²) in [6, 6.07) is 0. The third kappa shape index (κ3) is 4.56. The number of alkyl halides is 1. The SMILES string of the molecule is C/C=C/COC(=O)C(C)Br. The molecule has 0 saturated heterocycles. The molecule has 10 heavy (non-hydrogen) atoms. The lowest BCUT2D eigenvalue weighted by Crippen LogP contribution is -2.13. The van der Waals surface area contributed by atoms with Crippen LogP contribution in [0.1, 0.15) is 13.8 Å². The van der Waals surface area contributed by atoms with Crippen LogP contribution in [0.15, 0.2) is 12.2 Å². The zero-order valence-electron chi connectivity index (χ0n) is 6.13. The van der Waals surface area contributed by atoms with Crippen molar-refractivity contribution in [1.82, 2.24) is 0 Å². The molecule has 0 aliphatic heterocycles. The first kappa shape index (κ1) is 9.69. The molecule has 0 aliphatic carbocycles. The van der Waals surface area contributed by atoms with Gasteiger partial charge in [-0.3, -0.25) is 4.79 Å². The maximum Gasteiger partial charge on any atom is 0.319 e. The van der Waals surface area contributed by atoms with E-state index in [1.54, 1.807) is 13.0 Å². The van der Waals surface area contributed by atoms with E-state index in [-0.39, 0.29) is 10.8 Å². The summed E-state index contributed by atoms with van der Waals surface area (Å²) in [6.45, 7) is 3.98. The van der Waals surface area contributed by atoms with Gasteiger partial charge < -0.3 is 4.74 Å². The lowest BCUT2D eigenvalue weighted by Gasteiger charge is -2.01. The number of hydrogen-bond donors (Lipinski definition) is 0. The van der Waals surface area contributed by atoms with Crippen molar-refractivity contribution in [3.05, 3.63) is 12.2 Å². The number of carbonyl (C=O) groups is 1. The molecule has 2 nitrogen and oxygen atoms in total. The molecule has 0 saturated carbocycles. The molecule has 0 N–H and O–H groups in total. The Labute approximate surface area is 69.4 Å². The van der Waals surface area contributed by atoms with E-state index in [1.165, 1.54) is 0 Å². The van der Waals surface area contributed by atoms with E-state index in [0.29, 0.717) is 6.61 Å². The predicted octanol–water partition coefficient (Wildman–Crippen LogP) is 1.89. The molecule has 0 aliphatic rings. The highest BCUT2D eigenvalue weighted by Crippen LogP contribution is 1.99. The molecule has 1 unspecified atom stereocenters. The molecule has 0 aromatic carbocycles. The molecule has 0 fully saturated rings. The Morgan fingerprint density at radius 1 is 1.80 bits per heavy atom. The van der Waals surface area contributed by atoms with Crippen molar-refractivity contribution in [3.63, 3.8) is 0 Å². The molecule has 0 aromatic heterocycles. The summed E-state index contributed by atoms with van der Waals surface area (Å²) in [4.78, 5) is 10.5. The van der Waals surface area contributed by atoms with Crippen molar-refractivity contribution < 1.29 is 9.53 Å². The maximum atomic E-state index is 10.7. The smallest absolute Gasteiger partial charge is 0.319 e. The van der Waals surface area contributed by atoms with Gasteiger partial charge in [-0.1, -0.05) is 28.1 Å². The van der Waals surface area contributed by atoms with Crippen LogP contribution in [0.4, 0.5) is 0 Å². The second kappa shape index (κ2) is 5.47. The van der Waals surface area contributed by atoms with E-state index in [2.05, 4.69) is 15.9 Å². The monoisotopic (exact) mass is 206 g/mol. The molecule has 0 aromatic rings. The summed E-state index contributed by atoms with van der Waals surface area (Å²) >= 11 is 3.09. The van der Waals surface area contributed by atoms with Crippen LogP contribution in [0.2, 0.25) is 0 Å². The first-order chi connectivity index (χ1) is 4.68. The van der Waals surface area contributed by atoms with Gasteiger partial charge in [0.05, 0.1) is 0 Å². The lowest BCUT2D eigenvalue weighted by molar-refractivity contribution is -0.141. The molecule has 0 heterocycles. The Bertz CT molecular complexity index is 130. The molecule has 58 valence electrons. The van der Waals surface area contributed by atoms with Crippen LogP contribution in [-0.2, 0) is 9.53 Å². The minimum absolute atomic E-state index is 0.210. The third-order valence-corrected chi connectivity index (χ3v) is 1.26. The van der Waals surface area contributed by atoms with Gasteiger partial charge in [-0.15, -0.1) is 0 Å². The number of esters is 1. The van der Waals surface area contributed by atoms with Gasteiger partial charge in [0.1, 0.15) is 11.4 Å². The second-order valence-electron chi connectivity index (χ2n) is 1.82. The fourth-order valence-corrected chi connectivity index (χ4v) is 0.473. The topological polar surface area (TPSA) is 26.3 Å². The largest absolute Gasteiger partial charge is 0.461 e. The van der Waals surface area contributed by atoms with Crippen LogP contribution in [-0.4, -0.2) is 17.4 Å². The molecule has 0 amide bonds. The fourth-order valence-electron chi connectivity index (χ4n) is 0.341. The van der Waals surface area contributed by atoms with E-state index in [1.807, 2.05) is 13.0 Å². The standard InChI is InChI=1S/C7H11BrO2/c1-3-4-5-10-7(9)6(2)8/h3-4,6H,5H2,1-2H3/b4-3+. The van der Waals surface area contributed by atoms with Crippen molar-refractivity contribution in [1.29, 1.82) is 0 Å². The van der Waals surface area contributed by atoms with Crippen molar-refractivity contribution in [3.8, 4) is 0 Å². The summed E-state index contributed by atoms with van der Waals surface area (Å²) in [5.41, 5.74) is 0. The van der Waals surface area contributed by atoms with Crippen molar-refractivity contribution >= 4 is 21.9 Å². The molecule has 0 spiro atoms. The molecule has 1 atom stereocenters. The zero-order chi connectivity index (χ0) is 7.98. The summed E-state index contributed by atoms with van der Waals surface area (Å²) in [5, 5.41) is 0. The average molecular weight is 207 g/mol. The van der Waals surface area contributed by atoms with Crippen molar-refractivity contribution in [2.45, 2.75) is 18.7 Å². The summed E-state index contributed by atoms with van der Waals surface area (Å²) in [6.07, 6.45) is 3.62. The molecular formula is C7H11BrO2. The van der Waals surface area contributed by atoms with Crippen LogP contribution in [0, 0.1) is 0 Å². The predicted molar refractivity (Wildman–Crippen MR) is 44.2 cm³/mol. The number of allylic oxidation sites excluding steroid dienone is 1. The number of hydrogen-bond acceptors (Lipinski definition) is 2. The highest BCUT2D eigenvalue weighted by molar-refractivity contribution is 9.10. The van der Waals surface area contributed by atoms with Gasteiger partial charge in [0.2, 0.25) is 0 Å². The molecule has 0 rings (SSSR count). The van der Waals surface area contributed by atoms with Gasteiger partial charge in [-0.2, -0.15) is 0 Å². The van der Waals surface area contributed by atoms with E-state index in [0.717, 1.165) is 0 Å². The lowest BCUT2D eigenvalue weighted by atomic mass is 10.5. The van der Waals surface area contributed by atoms with Crippen LogP contribution in [0.5, 0.6) is 0 Å². The number of carbonyl (C=O) groups excluding carboxylic acids is 1. The number of rotatable bonds is 3. The van der Waals surface area contributed by atoms with Crippen LogP contribution in [0.3, 0.4) is 0 Å².